The van der Waals surface area contributed by atoms with Gasteiger partial charge in [0.25, 0.3) is 0 Å². The molecule has 4 rings (SSSR count). The van der Waals surface area contributed by atoms with Crippen LogP contribution < -0.4 is 5.32 Å². The molecule has 35 heavy (non-hydrogen) atoms. The zero-order valence-electron chi connectivity index (χ0n) is 19.6. The maximum absolute atomic E-state index is 12.9. The van der Waals surface area contributed by atoms with Gasteiger partial charge in [-0.05, 0) is 36.1 Å². The Hall–Kier alpha value is -1.68. The van der Waals surface area contributed by atoms with Crippen molar-refractivity contribution in [1.29, 1.82) is 0 Å². The summed E-state index contributed by atoms with van der Waals surface area (Å²) < 4.78 is 32.7. The highest BCUT2D eigenvalue weighted by atomic mass is 35.5. The Labute approximate surface area is 217 Å². The third-order valence-electron chi connectivity index (χ3n) is 6.57. The van der Waals surface area contributed by atoms with E-state index in [0.717, 1.165) is 38.4 Å². The van der Waals surface area contributed by atoms with Crippen molar-refractivity contribution in [3.8, 4) is 0 Å². The lowest BCUT2D eigenvalue weighted by Crippen LogP contribution is -2.43. The van der Waals surface area contributed by atoms with E-state index in [2.05, 4.69) is 22.3 Å². The Morgan fingerprint density at radius 2 is 1.60 bits per heavy atom. The van der Waals surface area contributed by atoms with Crippen LogP contribution in [-0.4, -0.2) is 62.9 Å². The second-order valence-corrected chi connectivity index (χ2v) is 11.8. The Bertz CT molecular complexity index is 1110. The molecule has 0 spiro atoms. The number of amides is 1. The zero-order chi connectivity index (χ0) is 24.8. The SMILES string of the molecule is O=C(NCc1cccc(CN2CCOCC2)c1)C1CCN(S(=O)(=O)Cc2c(Cl)cccc2Cl)CC1. The number of carbonyl (C=O) groups excluding carboxylic acids is 1. The number of benzene rings is 2. The van der Waals surface area contributed by atoms with E-state index in [1.54, 1.807) is 18.2 Å². The van der Waals surface area contributed by atoms with Gasteiger partial charge in [-0.1, -0.05) is 53.5 Å². The zero-order valence-corrected chi connectivity index (χ0v) is 21.9. The van der Waals surface area contributed by atoms with Crippen LogP contribution in [0.5, 0.6) is 0 Å². The number of nitrogens with one attached hydrogen (secondary N) is 1. The molecular formula is C25H31Cl2N3O4S. The van der Waals surface area contributed by atoms with E-state index in [-0.39, 0.29) is 17.6 Å². The number of morpholine rings is 1. The molecule has 2 aliphatic heterocycles. The number of ether oxygens (including phenoxy) is 1. The number of halogens is 2. The van der Waals surface area contributed by atoms with Crippen molar-refractivity contribution in [2.24, 2.45) is 5.92 Å². The van der Waals surface area contributed by atoms with Gasteiger partial charge in [-0.2, -0.15) is 0 Å². The summed E-state index contributed by atoms with van der Waals surface area (Å²) in [6, 6.07) is 13.2. The van der Waals surface area contributed by atoms with Crippen LogP contribution in [0.4, 0.5) is 0 Å². The largest absolute Gasteiger partial charge is 0.379 e. The van der Waals surface area contributed by atoms with Crippen LogP contribution in [0.1, 0.15) is 29.5 Å². The van der Waals surface area contributed by atoms with Gasteiger partial charge >= 0.3 is 0 Å². The Balaban J connectivity index is 1.26. The van der Waals surface area contributed by atoms with Crippen LogP contribution >= 0.6 is 23.2 Å². The van der Waals surface area contributed by atoms with E-state index >= 15 is 0 Å². The Morgan fingerprint density at radius 1 is 0.971 bits per heavy atom. The van der Waals surface area contributed by atoms with E-state index in [0.29, 0.717) is 48.1 Å². The molecule has 2 aromatic carbocycles. The minimum Gasteiger partial charge on any atom is -0.379 e. The molecule has 10 heteroatoms. The molecular weight excluding hydrogens is 509 g/mol. The molecule has 7 nitrogen and oxygen atoms in total. The van der Waals surface area contributed by atoms with Crippen molar-refractivity contribution < 1.29 is 17.9 Å². The van der Waals surface area contributed by atoms with E-state index in [9.17, 15) is 13.2 Å². The first-order valence-electron chi connectivity index (χ1n) is 11.9. The highest BCUT2D eigenvalue weighted by Crippen LogP contribution is 2.29. The topological polar surface area (TPSA) is 79.0 Å². The summed E-state index contributed by atoms with van der Waals surface area (Å²) in [4.78, 5) is 15.1. The molecule has 0 unspecified atom stereocenters. The number of hydrogen-bond acceptors (Lipinski definition) is 5. The maximum atomic E-state index is 12.9. The molecule has 0 bridgehead atoms. The van der Waals surface area contributed by atoms with Crippen molar-refractivity contribution in [3.63, 3.8) is 0 Å². The Kier molecular flexibility index (Phi) is 9.07. The van der Waals surface area contributed by atoms with Crippen LogP contribution in [0.25, 0.3) is 0 Å². The summed E-state index contributed by atoms with van der Waals surface area (Å²) in [5.41, 5.74) is 2.68. The molecule has 2 fully saturated rings. The lowest BCUT2D eigenvalue weighted by molar-refractivity contribution is -0.126. The van der Waals surface area contributed by atoms with E-state index in [4.69, 9.17) is 27.9 Å². The van der Waals surface area contributed by atoms with Gasteiger partial charge in [-0.3, -0.25) is 9.69 Å². The molecule has 2 heterocycles. The number of carbonyl (C=O) groups is 1. The third-order valence-corrected chi connectivity index (χ3v) is 9.09. The van der Waals surface area contributed by atoms with Gasteiger partial charge in [0, 0.05) is 60.8 Å². The predicted molar refractivity (Wildman–Crippen MR) is 138 cm³/mol. The molecule has 1 amide bonds. The van der Waals surface area contributed by atoms with Crippen LogP contribution in [0, 0.1) is 5.92 Å². The molecule has 1 N–H and O–H groups in total. The predicted octanol–water partition coefficient (Wildman–Crippen LogP) is 3.68. The summed E-state index contributed by atoms with van der Waals surface area (Å²) in [6.45, 7) is 5.33. The average Bonchev–Trinajstić information content (AvgIpc) is 2.86. The summed E-state index contributed by atoms with van der Waals surface area (Å²) in [7, 11) is -3.58. The summed E-state index contributed by atoms with van der Waals surface area (Å²) in [5.74, 6) is -0.486. The molecule has 0 radical (unpaired) electrons. The monoisotopic (exact) mass is 539 g/mol. The number of hydrogen-bond donors (Lipinski definition) is 1. The molecule has 0 aromatic heterocycles. The van der Waals surface area contributed by atoms with Crippen LogP contribution in [0.3, 0.4) is 0 Å². The molecule has 190 valence electrons. The van der Waals surface area contributed by atoms with Gasteiger partial charge in [0.2, 0.25) is 15.9 Å². The lowest BCUT2D eigenvalue weighted by Gasteiger charge is -2.30. The van der Waals surface area contributed by atoms with Gasteiger partial charge < -0.3 is 10.1 Å². The fraction of sp³-hybridized carbons (Fsp3) is 0.480. The summed E-state index contributed by atoms with van der Waals surface area (Å²) in [5, 5.41) is 3.71. The fourth-order valence-corrected chi connectivity index (χ4v) is 6.84. The van der Waals surface area contributed by atoms with Gasteiger partial charge in [-0.15, -0.1) is 0 Å². The van der Waals surface area contributed by atoms with Crippen LogP contribution in [-0.2, 0) is 38.4 Å². The standard InChI is InChI=1S/C25H31Cl2N3O4S/c26-23-5-2-6-24(27)22(23)18-35(32,33)30-9-7-21(8-10-30)25(31)28-16-19-3-1-4-20(15-19)17-29-11-13-34-14-12-29/h1-6,15,21H,7-14,16-18H2,(H,28,31). The Morgan fingerprint density at radius 3 is 2.29 bits per heavy atom. The van der Waals surface area contributed by atoms with E-state index < -0.39 is 10.0 Å². The van der Waals surface area contributed by atoms with Crippen LogP contribution in [0.15, 0.2) is 42.5 Å². The molecule has 0 saturated carbocycles. The van der Waals surface area contributed by atoms with Crippen molar-refractivity contribution in [3.05, 3.63) is 69.2 Å². The highest BCUT2D eigenvalue weighted by molar-refractivity contribution is 7.88. The second kappa shape index (κ2) is 12.0. The van der Waals surface area contributed by atoms with Crippen molar-refractivity contribution in [2.75, 3.05) is 39.4 Å². The van der Waals surface area contributed by atoms with Gasteiger partial charge in [0.1, 0.15) is 0 Å². The van der Waals surface area contributed by atoms with Gasteiger partial charge in [0.15, 0.2) is 0 Å². The van der Waals surface area contributed by atoms with Crippen molar-refractivity contribution in [2.45, 2.75) is 31.7 Å². The molecule has 0 aliphatic carbocycles. The lowest BCUT2D eigenvalue weighted by atomic mass is 9.97. The number of sulfonamides is 1. The molecule has 2 aliphatic rings. The van der Waals surface area contributed by atoms with E-state index in [1.165, 1.54) is 9.87 Å². The number of rotatable bonds is 8. The van der Waals surface area contributed by atoms with E-state index in [1.807, 2.05) is 12.1 Å². The molecule has 2 saturated heterocycles. The highest BCUT2D eigenvalue weighted by Gasteiger charge is 2.32. The first-order valence-corrected chi connectivity index (χ1v) is 14.2. The summed E-state index contributed by atoms with van der Waals surface area (Å²) >= 11 is 12.3. The number of nitrogens with zero attached hydrogens (tertiary/aromatic N) is 2. The average molecular weight is 541 g/mol. The fourth-order valence-electron chi connectivity index (χ4n) is 4.53. The minimum absolute atomic E-state index is 0.0326. The first kappa shape index (κ1) is 26.4. The third kappa shape index (κ3) is 7.18. The molecule has 0 atom stereocenters. The number of piperidine rings is 1. The minimum atomic E-state index is -3.58. The maximum Gasteiger partial charge on any atom is 0.223 e. The molecule has 2 aromatic rings. The smallest absolute Gasteiger partial charge is 0.223 e. The quantitative estimate of drug-likeness (QED) is 0.553. The van der Waals surface area contributed by atoms with Crippen LogP contribution in [0.2, 0.25) is 10.0 Å². The normalized spacial score (nSPS) is 18.5. The van der Waals surface area contributed by atoms with Crippen molar-refractivity contribution >= 4 is 39.1 Å². The van der Waals surface area contributed by atoms with Gasteiger partial charge in [0.05, 0.1) is 19.0 Å². The van der Waals surface area contributed by atoms with Gasteiger partial charge in [-0.25, -0.2) is 12.7 Å². The van der Waals surface area contributed by atoms with Crippen molar-refractivity contribution in [1.82, 2.24) is 14.5 Å². The first-order chi connectivity index (χ1) is 16.8. The summed E-state index contributed by atoms with van der Waals surface area (Å²) in [6.07, 6.45) is 0.969. The second-order valence-electron chi connectivity index (χ2n) is 9.06.